The molecule has 1 aromatic carbocycles. The summed E-state index contributed by atoms with van der Waals surface area (Å²) in [7, 11) is -2.25. The number of carbonyl (C=O) groups is 1. The van der Waals surface area contributed by atoms with Crippen molar-refractivity contribution in [1.82, 2.24) is 9.62 Å². The van der Waals surface area contributed by atoms with E-state index in [9.17, 15) is 13.2 Å². The van der Waals surface area contributed by atoms with Gasteiger partial charge in [0.15, 0.2) is 0 Å². The van der Waals surface area contributed by atoms with Crippen molar-refractivity contribution in [2.45, 2.75) is 55.9 Å². The van der Waals surface area contributed by atoms with Gasteiger partial charge in [-0.2, -0.15) is 4.31 Å². The summed E-state index contributed by atoms with van der Waals surface area (Å²) >= 11 is 0. The maximum Gasteiger partial charge on any atom is 0.246 e. The molecule has 7 nitrogen and oxygen atoms in total. The Kier molecular flexibility index (Phi) is 7.31. The van der Waals surface area contributed by atoms with E-state index in [0.29, 0.717) is 37.6 Å². The zero-order chi connectivity index (χ0) is 20.0. The lowest BCUT2D eigenvalue weighted by Gasteiger charge is -2.26. The van der Waals surface area contributed by atoms with E-state index in [1.165, 1.54) is 24.3 Å². The molecule has 0 unspecified atom stereocenters. The average molecular weight is 411 g/mol. The predicted octanol–water partition coefficient (Wildman–Crippen LogP) is 2.10. The molecule has 2 aliphatic rings. The van der Waals surface area contributed by atoms with Gasteiger partial charge in [0.1, 0.15) is 10.6 Å². The lowest BCUT2D eigenvalue weighted by molar-refractivity contribution is -0.121. The van der Waals surface area contributed by atoms with Crippen molar-refractivity contribution in [2.24, 2.45) is 0 Å². The SMILES string of the molecule is COc1ccc(CC(=O)NC2CCCCCC2)cc1S(=O)(=O)N1CCOCC1. The minimum atomic E-state index is -3.70. The van der Waals surface area contributed by atoms with E-state index in [1.807, 2.05) is 0 Å². The Morgan fingerprint density at radius 1 is 1.18 bits per heavy atom. The van der Waals surface area contributed by atoms with Crippen molar-refractivity contribution >= 4 is 15.9 Å². The van der Waals surface area contributed by atoms with E-state index in [1.54, 1.807) is 18.2 Å². The number of sulfonamides is 1. The number of morpholine rings is 1. The first-order chi connectivity index (χ1) is 13.5. The molecule has 1 N–H and O–H groups in total. The smallest absolute Gasteiger partial charge is 0.246 e. The maximum atomic E-state index is 13.0. The second-order valence-electron chi connectivity index (χ2n) is 7.43. The molecule has 1 aliphatic heterocycles. The minimum absolute atomic E-state index is 0.0632. The summed E-state index contributed by atoms with van der Waals surface area (Å²) in [6, 6.07) is 5.17. The van der Waals surface area contributed by atoms with Gasteiger partial charge in [0, 0.05) is 19.1 Å². The van der Waals surface area contributed by atoms with Gasteiger partial charge in [0.05, 0.1) is 26.7 Å². The Morgan fingerprint density at radius 3 is 2.50 bits per heavy atom. The van der Waals surface area contributed by atoms with Gasteiger partial charge in [0.25, 0.3) is 0 Å². The normalized spacial score (nSPS) is 19.8. The molecule has 1 aliphatic carbocycles. The fourth-order valence-electron chi connectivity index (χ4n) is 3.85. The van der Waals surface area contributed by atoms with Crippen LogP contribution in [0.3, 0.4) is 0 Å². The van der Waals surface area contributed by atoms with Crippen LogP contribution in [0.2, 0.25) is 0 Å². The van der Waals surface area contributed by atoms with E-state index >= 15 is 0 Å². The highest BCUT2D eigenvalue weighted by atomic mass is 32.2. The molecule has 0 radical (unpaired) electrons. The van der Waals surface area contributed by atoms with E-state index < -0.39 is 10.0 Å². The molecule has 0 bridgehead atoms. The minimum Gasteiger partial charge on any atom is -0.495 e. The lowest BCUT2D eigenvalue weighted by Crippen LogP contribution is -2.40. The van der Waals surface area contributed by atoms with Crippen LogP contribution in [0, 0.1) is 0 Å². The van der Waals surface area contributed by atoms with Gasteiger partial charge in [-0.3, -0.25) is 4.79 Å². The number of hydrogen-bond donors (Lipinski definition) is 1. The molecule has 1 amide bonds. The average Bonchev–Trinajstić information content (AvgIpc) is 2.97. The maximum absolute atomic E-state index is 13.0. The monoisotopic (exact) mass is 410 g/mol. The number of nitrogens with zero attached hydrogens (tertiary/aromatic N) is 1. The Labute approximate surface area is 167 Å². The summed E-state index contributed by atoms with van der Waals surface area (Å²) in [5.74, 6) is 0.228. The standard InChI is InChI=1S/C20H30N2O5S/c1-26-18-9-8-16(15-20(23)21-17-6-4-2-3-5-7-17)14-19(18)28(24,25)22-10-12-27-13-11-22/h8-9,14,17H,2-7,10-13,15H2,1H3,(H,21,23). The van der Waals surface area contributed by atoms with Crippen LogP contribution in [0.15, 0.2) is 23.1 Å². The molecular weight excluding hydrogens is 380 g/mol. The van der Waals surface area contributed by atoms with Crippen molar-refractivity contribution in [3.8, 4) is 5.75 Å². The Balaban J connectivity index is 1.73. The molecule has 0 spiro atoms. The second kappa shape index (κ2) is 9.71. The summed E-state index contributed by atoms with van der Waals surface area (Å²) in [6.07, 6.45) is 6.95. The Bertz CT molecular complexity index is 767. The van der Waals surface area contributed by atoms with Crippen molar-refractivity contribution < 1.29 is 22.7 Å². The van der Waals surface area contributed by atoms with Gasteiger partial charge in [-0.15, -0.1) is 0 Å². The van der Waals surface area contributed by atoms with Crippen LogP contribution in [0.1, 0.15) is 44.1 Å². The summed E-state index contributed by atoms with van der Waals surface area (Å²) in [5, 5.41) is 3.11. The van der Waals surface area contributed by atoms with E-state index in [0.717, 1.165) is 25.7 Å². The first-order valence-electron chi connectivity index (χ1n) is 10.0. The lowest BCUT2D eigenvalue weighted by atomic mass is 10.1. The van der Waals surface area contributed by atoms with Crippen LogP contribution in [0.25, 0.3) is 0 Å². The highest BCUT2D eigenvalue weighted by Crippen LogP contribution is 2.28. The fourth-order valence-corrected chi connectivity index (χ4v) is 5.46. The van der Waals surface area contributed by atoms with Crippen LogP contribution >= 0.6 is 0 Å². The van der Waals surface area contributed by atoms with Gasteiger partial charge in [0.2, 0.25) is 15.9 Å². The van der Waals surface area contributed by atoms with Gasteiger partial charge in [-0.1, -0.05) is 31.7 Å². The summed E-state index contributed by atoms with van der Waals surface area (Å²) < 4.78 is 38.0. The molecule has 1 saturated carbocycles. The number of benzene rings is 1. The molecule has 1 heterocycles. The third kappa shape index (κ3) is 5.24. The number of nitrogens with one attached hydrogen (secondary N) is 1. The molecule has 3 rings (SSSR count). The topological polar surface area (TPSA) is 84.9 Å². The largest absolute Gasteiger partial charge is 0.495 e. The summed E-state index contributed by atoms with van der Waals surface area (Å²) in [6.45, 7) is 1.39. The van der Waals surface area contributed by atoms with Crippen molar-refractivity contribution in [3.05, 3.63) is 23.8 Å². The van der Waals surface area contributed by atoms with E-state index in [4.69, 9.17) is 9.47 Å². The Hall–Kier alpha value is -1.64. The van der Waals surface area contributed by atoms with Gasteiger partial charge in [-0.25, -0.2) is 8.42 Å². The number of methoxy groups -OCH3 is 1. The highest BCUT2D eigenvalue weighted by molar-refractivity contribution is 7.89. The molecule has 1 saturated heterocycles. The van der Waals surface area contributed by atoms with Crippen LogP contribution in [0.4, 0.5) is 0 Å². The van der Waals surface area contributed by atoms with Crippen LogP contribution < -0.4 is 10.1 Å². The third-order valence-corrected chi connectivity index (χ3v) is 7.32. The first-order valence-corrected chi connectivity index (χ1v) is 11.5. The molecule has 0 aromatic heterocycles. The summed E-state index contributed by atoms with van der Waals surface area (Å²) in [4.78, 5) is 12.6. The number of rotatable bonds is 6. The number of ether oxygens (including phenoxy) is 2. The van der Waals surface area contributed by atoms with E-state index in [-0.39, 0.29) is 23.3 Å². The van der Waals surface area contributed by atoms with Gasteiger partial charge >= 0.3 is 0 Å². The molecule has 156 valence electrons. The highest BCUT2D eigenvalue weighted by Gasteiger charge is 2.29. The van der Waals surface area contributed by atoms with Crippen molar-refractivity contribution in [2.75, 3.05) is 33.4 Å². The summed E-state index contributed by atoms with van der Waals surface area (Å²) in [5.41, 5.74) is 0.666. The van der Waals surface area contributed by atoms with Gasteiger partial charge in [-0.05, 0) is 30.5 Å². The molecule has 0 atom stereocenters. The molecule has 1 aromatic rings. The zero-order valence-electron chi connectivity index (χ0n) is 16.5. The zero-order valence-corrected chi connectivity index (χ0v) is 17.3. The number of hydrogen-bond acceptors (Lipinski definition) is 5. The van der Waals surface area contributed by atoms with Crippen LogP contribution in [0.5, 0.6) is 5.75 Å². The predicted molar refractivity (Wildman–Crippen MR) is 106 cm³/mol. The van der Waals surface area contributed by atoms with E-state index in [2.05, 4.69) is 5.32 Å². The quantitative estimate of drug-likeness (QED) is 0.726. The van der Waals surface area contributed by atoms with Gasteiger partial charge < -0.3 is 14.8 Å². The number of amides is 1. The molecular formula is C20H30N2O5S. The van der Waals surface area contributed by atoms with Crippen molar-refractivity contribution in [1.29, 1.82) is 0 Å². The van der Waals surface area contributed by atoms with Crippen LogP contribution in [-0.4, -0.2) is 58.1 Å². The first kappa shape index (κ1) is 21.1. The second-order valence-corrected chi connectivity index (χ2v) is 9.34. The van der Waals surface area contributed by atoms with Crippen LogP contribution in [-0.2, 0) is 26.0 Å². The molecule has 2 fully saturated rings. The molecule has 8 heteroatoms. The fraction of sp³-hybridized carbons (Fsp3) is 0.650. The van der Waals surface area contributed by atoms with Crippen molar-refractivity contribution in [3.63, 3.8) is 0 Å². The number of carbonyl (C=O) groups excluding carboxylic acids is 1. The Morgan fingerprint density at radius 2 is 1.86 bits per heavy atom. The molecule has 28 heavy (non-hydrogen) atoms. The third-order valence-electron chi connectivity index (χ3n) is 5.40.